The van der Waals surface area contributed by atoms with E-state index in [1.54, 1.807) is 6.07 Å². The SMILES string of the molecule is CCCCCCCCCc1ccc(O)c(CO)c1. The monoisotopic (exact) mass is 250 g/mol. The highest BCUT2D eigenvalue weighted by atomic mass is 16.3. The molecule has 0 aliphatic heterocycles. The number of aliphatic hydroxyl groups excluding tert-OH is 1. The van der Waals surface area contributed by atoms with Gasteiger partial charge in [0.1, 0.15) is 5.75 Å². The quantitative estimate of drug-likeness (QED) is 0.645. The molecule has 0 heterocycles. The molecule has 1 aromatic carbocycles. The lowest BCUT2D eigenvalue weighted by Crippen LogP contribution is -1.90. The third-order valence-electron chi connectivity index (χ3n) is 3.38. The number of benzene rings is 1. The molecule has 0 saturated carbocycles. The fourth-order valence-electron chi connectivity index (χ4n) is 2.21. The second kappa shape index (κ2) is 8.98. The van der Waals surface area contributed by atoms with E-state index < -0.39 is 0 Å². The molecule has 18 heavy (non-hydrogen) atoms. The first kappa shape index (κ1) is 15.0. The van der Waals surface area contributed by atoms with Crippen LogP contribution in [0.2, 0.25) is 0 Å². The van der Waals surface area contributed by atoms with Crippen molar-refractivity contribution in [1.82, 2.24) is 0 Å². The molecule has 1 aromatic rings. The minimum atomic E-state index is -0.0866. The Morgan fingerprint density at radius 1 is 0.944 bits per heavy atom. The Balaban J connectivity index is 2.19. The van der Waals surface area contributed by atoms with Crippen molar-refractivity contribution in [3.05, 3.63) is 29.3 Å². The van der Waals surface area contributed by atoms with Gasteiger partial charge in [0.2, 0.25) is 0 Å². The smallest absolute Gasteiger partial charge is 0.121 e. The second-order valence-corrected chi connectivity index (χ2v) is 4.99. The molecule has 0 radical (unpaired) electrons. The highest BCUT2D eigenvalue weighted by Gasteiger charge is 2.01. The molecular weight excluding hydrogens is 224 g/mol. The number of aromatic hydroxyl groups is 1. The Morgan fingerprint density at radius 2 is 1.61 bits per heavy atom. The summed E-state index contributed by atoms with van der Waals surface area (Å²) in [6.45, 7) is 2.15. The van der Waals surface area contributed by atoms with Crippen LogP contribution in [0.15, 0.2) is 18.2 Å². The Morgan fingerprint density at radius 3 is 2.28 bits per heavy atom. The van der Waals surface area contributed by atoms with Crippen LogP contribution in [0.25, 0.3) is 0 Å². The highest BCUT2D eigenvalue weighted by Crippen LogP contribution is 2.20. The van der Waals surface area contributed by atoms with Gasteiger partial charge in [-0.3, -0.25) is 0 Å². The van der Waals surface area contributed by atoms with Crippen LogP contribution in [0.1, 0.15) is 63.0 Å². The number of aliphatic hydroxyl groups is 1. The van der Waals surface area contributed by atoms with Crippen molar-refractivity contribution >= 4 is 0 Å². The number of rotatable bonds is 9. The number of aryl methyl sites for hydroxylation is 1. The molecule has 2 N–H and O–H groups in total. The van der Waals surface area contributed by atoms with E-state index in [1.165, 1.54) is 50.5 Å². The molecule has 2 heteroatoms. The van der Waals surface area contributed by atoms with E-state index in [0.717, 1.165) is 6.42 Å². The van der Waals surface area contributed by atoms with Crippen LogP contribution >= 0.6 is 0 Å². The van der Waals surface area contributed by atoms with E-state index in [-0.39, 0.29) is 12.4 Å². The maximum absolute atomic E-state index is 9.47. The summed E-state index contributed by atoms with van der Waals surface area (Å²) in [5.41, 5.74) is 1.85. The maximum atomic E-state index is 9.47. The number of phenols is 1. The zero-order chi connectivity index (χ0) is 13.2. The molecule has 0 saturated heterocycles. The van der Waals surface area contributed by atoms with Crippen molar-refractivity contribution in [1.29, 1.82) is 0 Å². The summed E-state index contributed by atoms with van der Waals surface area (Å²) in [7, 11) is 0. The first-order valence-electron chi connectivity index (χ1n) is 7.19. The maximum Gasteiger partial charge on any atom is 0.121 e. The molecule has 0 bridgehead atoms. The fraction of sp³-hybridized carbons (Fsp3) is 0.625. The lowest BCUT2D eigenvalue weighted by molar-refractivity contribution is 0.275. The van der Waals surface area contributed by atoms with Gasteiger partial charge in [-0.25, -0.2) is 0 Å². The lowest BCUT2D eigenvalue weighted by Gasteiger charge is -2.06. The zero-order valence-electron chi connectivity index (χ0n) is 11.5. The molecule has 1 rings (SSSR count). The zero-order valence-corrected chi connectivity index (χ0v) is 11.5. The number of hydrogen-bond donors (Lipinski definition) is 2. The van der Waals surface area contributed by atoms with E-state index in [1.807, 2.05) is 12.1 Å². The Labute approximate surface area is 111 Å². The molecule has 2 nitrogen and oxygen atoms in total. The summed E-state index contributed by atoms with van der Waals surface area (Å²) in [6.07, 6.45) is 10.2. The minimum Gasteiger partial charge on any atom is -0.508 e. The third-order valence-corrected chi connectivity index (χ3v) is 3.38. The highest BCUT2D eigenvalue weighted by molar-refractivity contribution is 5.35. The van der Waals surface area contributed by atoms with Crippen molar-refractivity contribution in [2.24, 2.45) is 0 Å². The van der Waals surface area contributed by atoms with Gasteiger partial charge < -0.3 is 10.2 Å². The molecule has 0 atom stereocenters. The second-order valence-electron chi connectivity index (χ2n) is 4.99. The van der Waals surface area contributed by atoms with E-state index in [0.29, 0.717) is 5.56 Å². The van der Waals surface area contributed by atoms with Gasteiger partial charge in [0.25, 0.3) is 0 Å². The number of hydrogen-bond acceptors (Lipinski definition) is 2. The topological polar surface area (TPSA) is 40.5 Å². The minimum absolute atomic E-state index is 0.0866. The van der Waals surface area contributed by atoms with E-state index in [9.17, 15) is 5.11 Å². The molecular formula is C16H26O2. The predicted octanol–water partition coefficient (Wildman–Crippen LogP) is 4.18. The standard InChI is InChI=1S/C16H26O2/c1-2-3-4-5-6-7-8-9-14-10-11-16(18)15(12-14)13-17/h10-12,17-18H,2-9,13H2,1H3. The lowest BCUT2D eigenvalue weighted by atomic mass is 10.0. The van der Waals surface area contributed by atoms with Gasteiger partial charge in [-0.05, 0) is 30.5 Å². The first-order valence-corrected chi connectivity index (χ1v) is 7.19. The van der Waals surface area contributed by atoms with Crippen molar-refractivity contribution < 1.29 is 10.2 Å². The molecule has 0 spiro atoms. The van der Waals surface area contributed by atoms with Gasteiger partial charge in [-0.2, -0.15) is 0 Å². The van der Waals surface area contributed by atoms with Crippen molar-refractivity contribution in [3.63, 3.8) is 0 Å². The van der Waals surface area contributed by atoms with E-state index >= 15 is 0 Å². The van der Waals surface area contributed by atoms with Crippen LogP contribution in [0.5, 0.6) is 5.75 Å². The summed E-state index contributed by atoms with van der Waals surface area (Å²) >= 11 is 0. The van der Waals surface area contributed by atoms with Crippen LogP contribution < -0.4 is 0 Å². The van der Waals surface area contributed by atoms with Gasteiger partial charge in [0.15, 0.2) is 0 Å². The van der Waals surface area contributed by atoms with Crippen molar-refractivity contribution in [3.8, 4) is 5.75 Å². The Bertz CT molecular complexity index is 334. The van der Waals surface area contributed by atoms with Crippen LogP contribution in [-0.2, 0) is 13.0 Å². The normalized spacial score (nSPS) is 10.8. The van der Waals surface area contributed by atoms with Crippen LogP contribution in [0.4, 0.5) is 0 Å². The average Bonchev–Trinajstić information content (AvgIpc) is 2.39. The first-order chi connectivity index (χ1) is 8.77. The fourth-order valence-corrected chi connectivity index (χ4v) is 2.21. The van der Waals surface area contributed by atoms with Gasteiger partial charge in [-0.15, -0.1) is 0 Å². The third kappa shape index (κ3) is 5.54. The molecule has 0 fully saturated rings. The predicted molar refractivity (Wildman–Crippen MR) is 75.7 cm³/mol. The van der Waals surface area contributed by atoms with E-state index in [2.05, 4.69) is 6.92 Å². The van der Waals surface area contributed by atoms with E-state index in [4.69, 9.17) is 5.11 Å². The molecule has 0 amide bonds. The summed E-state index contributed by atoms with van der Waals surface area (Å²) in [5.74, 6) is 0.195. The summed E-state index contributed by atoms with van der Waals surface area (Å²) < 4.78 is 0. The average molecular weight is 250 g/mol. The molecule has 0 aromatic heterocycles. The Hall–Kier alpha value is -1.02. The molecule has 102 valence electrons. The largest absolute Gasteiger partial charge is 0.508 e. The van der Waals surface area contributed by atoms with Gasteiger partial charge in [0, 0.05) is 5.56 Å². The van der Waals surface area contributed by atoms with Crippen molar-refractivity contribution in [2.75, 3.05) is 0 Å². The summed E-state index contributed by atoms with van der Waals surface area (Å²) in [6, 6.07) is 5.54. The van der Waals surface area contributed by atoms with Crippen LogP contribution in [0, 0.1) is 0 Å². The van der Waals surface area contributed by atoms with Crippen LogP contribution in [0.3, 0.4) is 0 Å². The molecule has 0 aliphatic carbocycles. The summed E-state index contributed by atoms with van der Waals surface area (Å²) in [4.78, 5) is 0. The Kier molecular flexibility index (Phi) is 7.51. The molecule has 0 unspecified atom stereocenters. The van der Waals surface area contributed by atoms with Gasteiger partial charge >= 0.3 is 0 Å². The van der Waals surface area contributed by atoms with Crippen molar-refractivity contribution in [2.45, 2.75) is 64.9 Å². The number of unbranched alkanes of at least 4 members (excludes halogenated alkanes) is 6. The summed E-state index contributed by atoms with van der Waals surface area (Å²) in [5, 5.41) is 18.5. The van der Waals surface area contributed by atoms with Gasteiger partial charge in [0.05, 0.1) is 6.61 Å². The van der Waals surface area contributed by atoms with Gasteiger partial charge in [-0.1, -0.05) is 51.5 Å². The molecule has 0 aliphatic rings. The van der Waals surface area contributed by atoms with Crippen LogP contribution in [-0.4, -0.2) is 10.2 Å².